The summed E-state index contributed by atoms with van der Waals surface area (Å²) < 4.78 is 3.50. The summed E-state index contributed by atoms with van der Waals surface area (Å²) in [5.41, 5.74) is 2.01. The van der Waals surface area contributed by atoms with Crippen LogP contribution in [0.3, 0.4) is 0 Å². The van der Waals surface area contributed by atoms with E-state index in [0.717, 1.165) is 17.8 Å². The van der Waals surface area contributed by atoms with E-state index >= 15 is 0 Å². The molecule has 0 unspecified atom stereocenters. The zero-order valence-electron chi connectivity index (χ0n) is 12.1. The van der Waals surface area contributed by atoms with E-state index in [1.54, 1.807) is 11.7 Å². The molecule has 20 heavy (non-hydrogen) atoms. The number of carbonyl (C=O) groups excluding carboxylic acids is 1. The van der Waals surface area contributed by atoms with E-state index in [9.17, 15) is 4.79 Å². The van der Waals surface area contributed by atoms with Crippen molar-refractivity contribution < 1.29 is 4.79 Å². The molecule has 2 aromatic rings. The van der Waals surface area contributed by atoms with E-state index in [-0.39, 0.29) is 12.5 Å². The molecule has 2 rings (SSSR count). The first-order chi connectivity index (χ1) is 9.54. The van der Waals surface area contributed by atoms with Gasteiger partial charge >= 0.3 is 0 Å². The predicted octanol–water partition coefficient (Wildman–Crippen LogP) is 0.462. The Morgan fingerprint density at radius 1 is 1.40 bits per heavy atom. The van der Waals surface area contributed by atoms with Gasteiger partial charge in [-0.05, 0) is 19.4 Å². The summed E-state index contributed by atoms with van der Waals surface area (Å²) in [6.45, 7) is 5.59. The monoisotopic (exact) mass is 276 g/mol. The van der Waals surface area contributed by atoms with Gasteiger partial charge in [0, 0.05) is 25.9 Å². The molecule has 108 valence electrons. The van der Waals surface area contributed by atoms with E-state index in [4.69, 9.17) is 0 Å². The van der Waals surface area contributed by atoms with Crippen molar-refractivity contribution in [2.45, 2.75) is 20.4 Å². The highest BCUT2D eigenvalue weighted by Gasteiger charge is 2.06. The van der Waals surface area contributed by atoms with Crippen molar-refractivity contribution in [1.29, 1.82) is 0 Å². The van der Waals surface area contributed by atoms with Gasteiger partial charge in [-0.2, -0.15) is 10.2 Å². The molecule has 0 radical (unpaired) electrons. The fraction of sp³-hybridized carbons (Fsp3) is 0.462. The van der Waals surface area contributed by atoms with Crippen LogP contribution in [0.5, 0.6) is 0 Å². The van der Waals surface area contributed by atoms with Crippen molar-refractivity contribution >= 4 is 11.7 Å². The van der Waals surface area contributed by atoms with Crippen molar-refractivity contribution in [3.8, 4) is 0 Å². The third-order valence-corrected chi connectivity index (χ3v) is 2.84. The molecular weight excluding hydrogens is 256 g/mol. The van der Waals surface area contributed by atoms with Gasteiger partial charge in [-0.3, -0.25) is 14.2 Å². The Kier molecular flexibility index (Phi) is 4.52. The largest absolute Gasteiger partial charge is 0.310 e. The molecule has 2 N–H and O–H groups in total. The van der Waals surface area contributed by atoms with Gasteiger partial charge < -0.3 is 10.6 Å². The number of hydrogen-bond donors (Lipinski definition) is 2. The van der Waals surface area contributed by atoms with Crippen LogP contribution in [0.2, 0.25) is 0 Å². The maximum absolute atomic E-state index is 11.8. The number of amides is 1. The van der Waals surface area contributed by atoms with Crippen LogP contribution in [-0.2, 0) is 18.4 Å². The average Bonchev–Trinajstić information content (AvgIpc) is 2.92. The number of nitrogens with one attached hydrogen (secondary N) is 2. The third-order valence-electron chi connectivity index (χ3n) is 2.84. The van der Waals surface area contributed by atoms with Crippen molar-refractivity contribution in [3.05, 3.63) is 29.7 Å². The lowest BCUT2D eigenvalue weighted by atomic mass is 10.4. The Bertz CT molecular complexity index is 585. The molecule has 1 amide bonds. The van der Waals surface area contributed by atoms with E-state index in [2.05, 4.69) is 20.8 Å². The number of nitrogens with zero attached hydrogens (tertiary/aromatic N) is 4. The van der Waals surface area contributed by atoms with Crippen molar-refractivity contribution in [3.63, 3.8) is 0 Å². The molecule has 2 heterocycles. The molecule has 0 aliphatic carbocycles. The Balaban J connectivity index is 1.69. The van der Waals surface area contributed by atoms with Gasteiger partial charge in [0.15, 0.2) is 0 Å². The summed E-state index contributed by atoms with van der Waals surface area (Å²) in [4.78, 5) is 11.8. The van der Waals surface area contributed by atoms with Crippen LogP contribution < -0.4 is 10.6 Å². The topological polar surface area (TPSA) is 76.8 Å². The maximum atomic E-state index is 11.8. The standard InChI is InChI=1S/C13H20N6O/c1-10-7-15-19(9-10)5-4-14-8-13(20)16-12-6-11(2)17-18(12)3/h6-7,9,14H,4-5,8H2,1-3H3,(H,16,20). The minimum Gasteiger partial charge on any atom is -0.310 e. The molecule has 0 bridgehead atoms. The lowest BCUT2D eigenvalue weighted by Crippen LogP contribution is -2.31. The van der Waals surface area contributed by atoms with Gasteiger partial charge in [0.25, 0.3) is 0 Å². The fourth-order valence-electron chi connectivity index (χ4n) is 1.90. The molecule has 2 aromatic heterocycles. The Morgan fingerprint density at radius 3 is 2.80 bits per heavy atom. The van der Waals surface area contributed by atoms with Crippen LogP contribution in [0, 0.1) is 13.8 Å². The highest BCUT2D eigenvalue weighted by Crippen LogP contribution is 2.07. The first-order valence-corrected chi connectivity index (χ1v) is 6.55. The highest BCUT2D eigenvalue weighted by molar-refractivity contribution is 5.91. The molecule has 0 aromatic carbocycles. The lowest BCUT2D eigenvalue weighted by Gasteiger charge is -2.06. The average molecular weight is 276 g/mol. The summed E-state index contributed by atoms with van der Waals surface area (Å²) in [5, 5.41) is 14.2. The Morgan fingerprint density at radius 2 is 2.20 bits per heavy atom. The molecule has 0 fully saturated rings. The highest BCUT2D eigenvalue weighted by atomic mass is 16.2. The van der Waals surface area contributed by atoms with Gasteiger partial charge in [-0.25, -0.2) is 0 Å². The lowest BCUT2D eigenvalue weighted by molar-refractivity contribution is -0.115. The molecule has 7 heteroatoms. The molecule has 0 saturated heterocycles. The van der Waals surface area contributed by atoms with Gasteiger partial charge in [0.2, 0.25) is 5.91 Å². The summed E-state index contributed by atoms with van der Waals surface area (Å²) in [6, 6.07) is 1.84. The first kappa shape index (κ1) is 14.3. The van der Waals surface area contributed by atoms with Crippen molar-refractivity contribution in [2.75, 3.05) is 18.4 Å². The third kappa shape index (κ3) is 3.92. The molecule has 0 atom stereocenters. The van der Waals surface area contributed by atoms with Crippen LogP contribution >= 0.6 is 0 Å². The van der Waals surface area contributed by atoms with Crippen LogP contribution in [0.1, 0.15) is 11.3 Å². The Hall–Kier alpha value is -2.15. The van der Waals surface area contributed by atoms with E-state index in [0.29, 0.717) is 12.4 Å². The molecular formula is C13H20N6O. The molecule has 0 spiro atoms. The fourth-order valence-corrected chi connectivity index (χ4v) is 1.90. The van der Waals surface area contributed by atoms with Gasteiger partial charge in [-0.15, -0.1) is 0 Å². The van der Waals surface area contributed by atoms with E-state index in [1.807, 2.05) is 37.0 Å². The summed E-state index contributed by atoms with van der Waals surface area (Å²) in [5.74, 6) is 0.627. The molecule has 0 aliphatic rings. The SMILES string of the molecule is Cc1cnn(CCNCC(=O)Nc2cc(C)nn2C)c1. The minimum absolute atomic E-state index is 0.0790. The molecule has 0 aliphatic heterocycles. The zero-order chi connectivity index (χ0) is 14.5. The van der Waals surface area contributed by atoms with Gasteiger partial charge in [-0.1, -0.05) is 0 Å². The Labute approximate surface area is 118 Å². The second-order valence-electron chi connectivity index (χ2n) is 4.80. The molecule has 0 saturated carbocycles. The number of aryl methyl sites for hydroxylation is 3. The van der Waals surface area contributed by atoms with Crippen LogP contribution in [-0.4, -0.2) is 38.6 Å². The number of anilines is 1. The van der Waals surface area contributed by atoms with Gasteiger partial charge in [0.1, 0.15) is 5.82 Å². The quantitative estimate of drug-likeness (QED) is 0.752. The summed E-state index contributed by atoms with van der Waals surface area (Å²) in [7, 11) is 1.80. The normalized spacial score (nSPS) is 10.8. The minimum atomic E-state index is -0.0790. The molecule has 7 nitrogen and oxygen atoms in total. The second-order valence-corrected chi connectivity index (χ2v) is 4.80. The summed E-state index contributed by atoms with van der Waals surface area (Å²) in [6.07, 6.45) is 3.79. The predicted molar refractivity (Wildman–Crippen MR) is 76.4 cm³/mol. The van der Waals surface area contributed by atoms with Crippen LogP contribution in [0.25, 0.3) is 0 Å². The first-order valence-electron chi connectivity index (χ1n) is 6.55. The number of carbonyl (C=O) groups is 1. The number of hydrogen-bond acceptors (Lipinski definition) is 4. The van der Waals surface area contributed by atoms with Crippen LogP contribution in [0.15, 0.2) is 18.5 Å². The number of rotatable bonds is 6. The van der Waals surface area contributed by atoms with Gasteiger partial charge in [0.05, 0.1) is 25.0 Å². The smallest absolute Gasteiger partial charge is 0.239 e. The van der Waals surface area contributed by atoms with E-state index < -0.39 is 0 Å². The summed E-state index contributed by atoms with van der Waals surface area (Å²) >= 11 is 0. The van der Waals surface area contributed by atoms with E-state index in [1.165, 1.54) is 0 Å². The zero-order valence-corrected chi connectivity index (χ0v) is 12.1. The van der Waals surface area contributed by atoms with Crippen molar-refractivity contribution in [2.24, 2.45) is 7.05 Å². The second kappa shape index (κ2) is 6.33. The van der Waals surface area contributed by atoms with Crippen molar-refractivity contribution in [1.82, 2.24) is 24.9 Å². The number of aromatic nitrogens is 4. The maximum Gasteiger partial charge on any atom is 0.239 e. The van der Waals surface area contributed by atoms with Crippen LogP contribution in [0.4, 0.5) is 5.82 Å².